The van der Waals surface area contributed by atoms with Crippen LogP contribution in [0.3, 0.4) is 0 Å². The molecule has 0 amide bonds. The van der Waals surface area contributed by atoms with E-state index in [1.165, 1.54) is 30.1 Å². The van der Waals surface area contributed by atoms with Gasteiger partial charge in [0.05, 0.1) is 12.8 Å². The number of methoxy groups -OCH3 is 1. The first-order chi connectivity index (χ1) is 11.9. The lowest BCUT2D eigenvalue weighted by Gasteiger charge is -2.23. The zero-order valence-corrected chi connectivity index (χ0v) is 14.5. The van der Waals surface area contributed by atoms with Gasteiger partial charge in [0.2, 0.25) is 0 Å². The maximum Gasteiger partial charge on any atom is 0.326 e. The second-order valence-corrected chi connectivity index (χ2v) is 7.25. The number of rotatable bonds is 5. The summed E-state index contributed by atoms with van der Waals surface area (Å²) in [5.74, 6) is -0.657. The van der Waals surface area contributed by atoms with Crippen molar-refractivity contribution in [3.8, 4) is 0 Å². The van der Waals surface area contributed by atoms with E-state index < -0.39 is 22.5 Å². The van der Waals surface area contributed by atoms with Gasteiger partial charge in [0.15, 0.2) is 5.65 Å². The van der Waals surface area contributed by atoms with Crippen molar-refractivity contribution in [3.63, 3.8) is 0 Å². The largest absolute Gasteiger partial charge is 0.468 e. The van der Waals surface area contributed by atoms with Gasteiger partial charge in [-0.25, -0.2) is 8.42 Å². The maximum absolute atomic E-state index is 13.1. The number of fused-ring (bicyclic) bond motifs is 1. The van der Waals surface area contributed by atoms with Crippen LogP contribution in [0.5, 0.6) is 0 Å². The summed E-state index contributed by atoms with van der Waals surface area (Å²) in [6.45, 7) is 1.41. The van der Waals surface area contributed by atoms with E-state index in [0.717, 1.165) is 9.87 Å². The normalized spacial score (nSPS) is 11.4. The Morgan fingerprint density at radius 3 is 2.80 bits per heavy atom. The highest BCUT2D eigenvalue weighted by Crippen LogP contribution is 2.24. The molecule has 0 N–H and O–H groups in total. The van der Waals surface area contributed by atoms with Crippen LogP contribution in [0.25, 0.3) is 5.65 Å². The van der Waals surface area contributed by atoms with E-state index in [1.807, 2.05) is 13.0 Å². The number of hydrogen-bond acceptors (Lipinski definition) is 6. The van der Waals surface area contributed by atoms with Crippen molar-refractivity contribution in [1.29, 1.82) is 0 Å². The molecule has 130 valence electrons. The number of hydrogen-bond donors (Lipinski definition) is 0. The van der Waals surface area contributed by atoms with Crippen molar-refractivity contribution in [1.82, 2.24) is 14.6 Å². The molecule has 25 heavy (non-hydrogen) atoms. The minimum absolute atomic E-state index is 0.0187. The lowest BCUT2D eigenvalue weighted by atomic mass is 10.2. The Kier molecular flexibility index (Phi) is 4.41. The highest BCUT2D eigenvalue weighted by Gasteiger charge is 2.28. The van der Waals surface area contributed by atoms with Gasteiger partial charge in [0.25, 0.3) is 10.0 Å². The van der Waals surface area contributed by atoms with Crippen molar-refractivity contribution < 1.29 is 17.9 Å². The predicted molar refractivity (Wildman–Crippen MR) is 90.7 cm³/mol. The molecule has 0 aliphatic rings. The minimum atomic E-state index is -3.99. The molecule has 0 saturated heterocycles. The van der Waals surface area contributed by atoms with E-state index in [4.69, 9.17) is 0 Å². The van der Waals surface area contributed by atoms with Crippen LogP contribution >= 0.6 is 0 Å². The van der Waals surface area contributed by atoms with Gasteiger partial charge in [0, 0.05) is 6.20 Å². The molecule has 8 nitrogen and oxygen atoms in total. The number of benzene rings is 1. The number of aromatic nitrogens is 3. The first-order valence-corrected chi connectivity index (χ1v) is 8.81. The molecule has 0 aliphatic heterocycles. The number of nitrogens with zero attached hydrogens (tertiary/aromatic N) is 4. The van der Waals surface area contributed by atoms with Gasteiger partial charge in [-0.05, 0) is 36.8 Å². The number of carbonyl (C=O) groups excluding carboxylic acids is 1. The summed E-state index contributed by atoms with van der Waals surface area (Å²) >= 11 is 0. The molecule has 2 heterocycles. The summed E-state index contributed by atoms with van der Waals surface area (Å²) < 4.78 is 33.4. The SMILES string of the molecule is COC(=O)CN(c1cccc(C)c1)S(=O)(=O)c1ccc2nncn2c1. The quantitative estimate of drug-likeness (QED) is 0.639. The summed E-state index contributed by atoms with van der Waals surface area (Å²) in [7, 11) is -2.77. The monoisotopic (exact) mass is 360 g/mol. The zero-order chi connectivity index (χ0) is 18.0. The molecule has 3 aromatic rings. The van der Waals surface area contributed by atoms with Crippen molar-refractivity contribution in [2.24, 2.45) is 0 Å². The van der Waals surface area contributed by atoms with Crippen LogP contribution < -0.4 is 4.31 Å². The van der Waals surface area contributed by atoms with Crippen molar-refractivity contribution in [2.75, 3.05) is 18.0 Å². The molecule has 1 aromatic carbocycles. The van der Waals surface area contributed by atoms with Crippen LogP contribution in [0, 0.1) is 6.92 Å². The second kappa shape index (κ2) is 6.52. The average Bonchev–Trinajstić information content (AvgIpc) is 3.06. The Morgan fingerprint density at radius 2 is 2.08 bits per heavy atom. The van der Waals surface area contributed by atoms with E-state index in [2.05, 4.69) is 14.9 Å². The summed E-state index contributed by atoms with van der Waals surface area (Å²) in [6, 6.07) is 9.87. The fourth-order valence-electron chi connectivity index (χ4n) is 2.37. The zero-order valence-electron chi connectivity index (χ0n) is 13.7. The number of esters is 1. The highest BCUT2D eigenvalue weighted by atomic mass is 32.2. The van der Waals surface area contributed by atoms with E-state index in [-0.39, 0.29) is 4.90 Å². The lowest BCUT2D eigenvalue weighted by molar-refractivity contribution is -0.138. The Labute approximate surface area is 144 Å². The lowest BCUT2D eigenvalue weighted by Crippen LogP contribution is -2.36. The third-order valence-electron chi connectivity index (χ3n) is 3.64. The van der Waals surface area contributed by atoms with Crippen LogP contribution in [-0.4, -0.2) is 42.6 Å². The fraction of sp³-hybridized carbons (Fsp3) is 0.188. The van der Waals surface area contributed by atoms with Crippen molar-refractivity contribution in [2.45, 2.75) is 11.8 Å². The van der Waals surface area contributed by atoms with Crippen LogP contribution in [0.2, 0.25) is 0 Å². The fourth-order valence-corrected chi connectivity index (χ4v) is 3.77. The first kappa shape index (κ1) is 16.9. The van der Waals surface area contributed by atoms with Gasteiger partial charge < -0.3 is 4.74 Å². The number of sulfonamides is 1. The minimum Gasteiger partial charge on any atom is -0.468 e. The molecular formula is C16H16N4O4S. The third kappa shape index (κ3) is 3.31. The summed E-state index contributed by atoms with van der Waals surface area (Å²) in [6.07, 6.45) is 2.82. The molecule has 3 rings (SSSR count). The number of anilines is 1. The molecule has 0 fully saturated rings. The van der Waals surface area contributed by atoms with Crippen LogP contribution in [0.4, 0.5) is 5.69 Å². The number of pyridine rings is 1. The smallest absolute Gasteiger partial charge is 0.326 e. The van der Waals surface area contributed by atoms with E-state index in [1.54, 1.807) is 24.3 Å². The predicted octanol–water partition coefficient (Wildman–Crippen LogP) is 1.41. The first-order valence-electron chi connectivity index (χ1n) is 7.37. The number of carbonyl (C=O) groups is 1. The van der Waals surface area contributed by atoms with Crippen molar-refractivity contribution in [3.05, 3.63) is 54.5 Å². The van der Waals surface area contributed by atoms with Gasteiger partial charge in [-0.2, -0.15) is 0 Å². The van der Waals surface area contributed by atoms with Gasteiger partial charge in [0.1, 0.15) is 17.8 Å². The van der Waals surface area contributed by atoms with Gasteiger partial charge in [-0.1, -0.05) is 12.1 Å². The topological polar surface area (TPSA) is 93.9 Å². The summed E-state index contributed by atoms with van der Waals surface area (Å²) in [5, 5.41) is 7.58. The summed E-state index contributed by atoms with van der Waals surface area (Å²) in [5.41, 5.74) is 1.78. The molecule has 0 saturated carbocycles. The Bertz CT molecular complexity index is 1030. The Balaban J connectivity index is 2.10. The highest BCUT2D eigenvalue weighted by molar-refractivity contribution is 7.92. The molecule has 0 radical (unpaired) electrons. The van der Waals surface area contributed by atoms with Crippen LogP contribution in [-0.2, 0) is 19.6 Å². The molecule has 9 heteroatoms. The molecule has 0 atom stereocenters. The molecule has 0 unspecified atom stereocenters. The average molecular weight is 360 g/mol. The maximum atomic E-state index is 13.1. The number of aryl methyl sites for hydroxylation is 1. The van der Waals surface area contributed by atoms with Gasteiger partial charge >= 0.3 is 5.97 Å². The molecule has 0 spiro atoms. The third-order valence-corrected chi connectivity index (χ3v) is 5.40. The Hall–Kier alpha value is -2.94. The molecule has 0 bridgehead atoms. The summed E-state index contributed by atoms with van der Waals surface area (Å²) in [4.78, 5) is 11.8. The molecular weight excluding hydrogens is 344 g/mol. The van der Waals surface area contributed by atoms with Gasteiger partial charge in [-0.3, -0.25) is 13.5 Å². The van der Waals surface area contributed by atoms with E-state index >= 15 is 0 Å². The van der Waals surface area contributed by atoms with E-state index in [9.17, 15) is 13.2 Å². The van der Waals surface area contributed by atoms with Gasteiger partial charge in [-0.15, -0.1) is 10.2 Å². The van der Waals surface area contributed by atoms with Crippen LogP contribution in [0.1, 0.15) is 5.56 Å². The second-order valence-electron chi connectivity index (χ2n) is 5.39. The standard InChI is InChI=1S/C16H16N4O4S/c1-12-4-3-5-13(8-12)20(10-16(21)24-2)25(22,23)14-6-7-15-18-17-11-19(15)9-14/h3-9,11H,10H2,1-2H3. The molecule has 2 aromatic heterocycles. The van der Waals surface area contributed by atoms with Crippen LogP contribution in [0.15, 0.2) is 53.8 Å². The van der Waals surface area contributed by atoms with Crippen molar-refractivity contribution >= 4 is 27.3 Å². The Morgan fingerprint density at radius 1 is 1.28 bits per heavy atom. The van der Waals surface area contributed by atoms with E-state index in [0.29, 0.717) is 11.3 Å². The number of ether oxygens (including phenoxy) is 1. The molecule has 0 aliphatic carbocycles.